The van der Waals surface area contributed by atoms with E-state index in [2.05, 4.69) is 17.6 Å². The van der Waals surface area contributed by atoms with Crippen molar-refractivity contribution in [2.75, 3.05) is 31.5 Å². The lowest BCUT2D eigenvalue weighted by atomic mass is 9.90. The van der Waals surface area contributed by atoms with E-state index < -0.39 is 0 Å². The average Bonchev–Trinajstić information content (AvgIpc) is 2.88. The summed E-state index contributed by atoms with van der Waals surface area (Å²) >= 11 is 0. The Balaban J connectivity index is 0.00000264. The molecule has 2 rings (SSSR count). The molecule has 1 aromatic carbocycles. The minimum atomic E-state index is -0.375. The van der Waals surface area contributed by atoms with Crippen molar-refractivity contribution in [1.82, 2.24) is 10.2 Å². The Labute approximate surface area is 143 Å². The molecule has 6 nitrogen and oxygen atoms in total. The zero-order valence-electron chi connectivity index (χ0n) is 13.6. The Kier molecular flexibility index (Phi) is 6.84. The maximum absolute atomic E-state index is 12.1. The van der Waals surface area contributed by atoms with Crippen LogP contribution >= 0.6 is 12.4 Å². The summed E-state index contributed by atoms with van der Waals surface area (Å²) in [5.41, 5.74) is 7.50. The summed E-state index contributed by atoms with van der Waals surface area (Å²) in [5.74, 6) is -0.0726. The topological polar surface area (TPSA) is 87.5 Å². The number of aryl methyl sites for hydroxylation is 1. The van der Waals surface area contributed by atoms with Crippen molar-refractivity contribution in [3.8, 4) is 0 Å². The molecule has 0 aromatic heterocycles. The first-order valence-corrected chi connectivity index (χ1v) is 7.51. The van der Waals surface area contributed by atoms with E-state index in [1.165, 1.54) is 0 Å². The van der Waals surface area contributed by atoms with E-state index in [1.54, 1.807) is 4.90 Å². The van der Waals surface area contributed by atoms with Crippen molar-refractivity contribution in [1.29, 1.82) is 0 Å². The van der Waals surface area contributed by atoms with Crippen LogP contribution in [0.25, 0.3) is 0 Å². The van der Waals surface area contributed by atoms with Crippen LogP contribution in [0.2, 0.25) is 0 Å². The molecular formula is C16H25ClN4O2. The van der Waals surface area contributed by atoms with Crippen LogP contribution < -0.4 is 16.4 Å². The SMILES string of the molecule is Cc1cccc(NC(=O)NCC(=O)N2CCC(C)(CN)C2)c1.Cl. The van der Waals surface area contributed by atoms with Crippen LogP contribution in [0.1, 0.15) is 18.9 Å². The Morgan fingerprint density at radius 2 is 2.13 bits per heavy atom. The largest absolute Gasteiger partial charge is 0.341 e. The van der Waals surface area contributed by atoms with E-state index in [0.29, 0.717) is 25.3 Å². The lowest BCUT2D eigenvalue weighted by Gasteiger charge is -2.22. The van der Waals surface area contributed by atoms with Crippen molar-refractivity contribution in [2.45, 2.75) is 20.3 Å². The van der Waals surface area contributed by atoms with Crippen molar-refractivity contribution < 1.29 is 9.59 Å². The number of anilines is 1. The molecular weight excluding hydrogens is 316 g/mol. The molecule has 1 fully saturated rings. The fraction of sp³-hybridized carbons (Fsp3) is 0.500. The number of hydrogen-bond donors (Lipinski definition) is 3. The number of rotatable bonds is 4. The van der Waals surface area contributed by atoms with E-state index in [0.717, 1.165) is 12.0 Å². The van der Waals surface area contributed by atoms with Gasteiger partial charge in [-0.2, -0.15) is 0 Å². The number of carbonyl (C=O) groups excluding carboxylic acids is 2. The normalized spacial score (nSPS) is 19.9. The highest BCUT2D eigenvalue weighted by atomic mass is 35.5. The van der Waals surface area contributed by atoms with Gasteiger partial charge in [-0.15, -0.1) is 12.4 Å². The number of amides is 3. The second kappa shape index (κ2) is 8.17. The molecule has 0 bridgehead atoms. The van der Waals surface area contributed by atoms with Gasteiger partial charge in [0.15, 0.2) is 0 Å². The zero-order chi connectivity index (χ0) is 16.2. The number of carbonyl (C=O) groups is 2. The molecule has 1 atom stereocenters. The van der Waals surface area contributed by atoms with Gasteiger partial charge in [-0.3, -0.25) is 4.79 Å². The molecule has 1 unspecified atom stereocenters. The van der Waals surface area contributed by atoms with Crippen molar-refractivity contribution in [3.63, 3.8) is 0 Å². The molecule has 0 saturated carbocycles. The summed E-state index contributed by atoms with van der Waals surface area (Å²) in [4.78, 5) is 25.7. The second-order valence-electron chi connectivity index (χ2n) is 6.26. The fourth-order valence-electron chi connectivity index (χ4n) is 2.57. The maximum atomic E-state index is 12.1. The third-order valence-electron chi connectivity index (χ3n) is 4.08. The lowest BCUT2D eigenvalue weighted by Crippen LogP contribution is -2.42. The summed E-state index contributed by atoms with van der Waals surface area (Å²) < 4.78 is 0. The number of nitrogens with one attached hydrogen (secondary N) is 2. The van der Waals surface area contributed by atoms with Crippen molar-refractivity contribution in [2.24, 2.45) is 11.1 Å². The molecule has 1 aromatic rings. The molecule has 0 spiro atoms. The zero-order valence-corrected chi connectivity index (χ0v) is 14.4. The van der Waals surface area contributed by atoms with Crippen LogP contribution in [0, 0.1) is 12.3 Å². The van der Waals surface area contributed by atoms with E-state index in [1.807, 2.05) is 31.2 Å². The van der Waals surface area contributed by atoms with Gasteiger partial charge in [-0.1, -0.05) is 19.1 Å². The Bertz CT molecular complexity index is 567. The van der Waals surface area contributed by atoms with Crippen LogP contribution in [-0.2, 0) is 4.79 Å². The van der Waals surface area contributed by atoms with E-state index in [-0.39, 0.29) is 36.3 Å². The quantitative estimate of drug-likeness (QED) is 0.780. The number of hydrogen-bond acceptors (Lipinski definition) is 3. The standard InChI is InChI=1S/C16H24N4O2.ClH/c1-12-4-3-5-13(8-12)19-15(22)18-9-14(21)20-7-6-16(2,10-17)11-20;/h3-5,8H,6-7,9-11,17H2,1-2H3,(H2,18,19,22);1H. The van der Waals surface area contributed by atoms with Gasteiger partial charge in [0, 0.05) is 18.8 Å². The third kappa shape index (κ3) is 5.41. The predicted molar refractivity (Wildman–Crippen MR) is 93.8 cm³/mol. The highest BCUT2D eigenvalue weighted by Crippen LogP contribution is 2.28. The van der Waals surface area contributed by atoms with Crippen LogP contribution in [0.4, 0.5) is 10.5 Å². The second-order valence-corrected chi connectivity index (χ2v) is 6.26. The number of nitrogens with zero attached hydrogens (tertiary/aromatic N) is 1. The molecule has 23 heavy (non-hydrogen) atoms. The molecule has 4 N–H and O–H groups in total. The van der Waals surface area contributed by atoms with Gasteiger partial charge >= 0.3 is 6.03 Å². The monoisotopic (exact) mass is 340 g/mol. The lowest BCUT2D eigenvalue weighted by molar-refractivity contribution is -0.129. The highest BCUT2D eigenvalue weighted by molar-refractivity contribution is 5.92. The summed E-state index contributed by atoms with van der Waals surface area (Å²) in [7, 11) is 0. The van der Waals surface area contributed by atoms with Gasteiger partial charge in [-0.25, -0.2) is 4.79 Å². The summed E-state index contributed by atoms with van der Waals surface area (Å²) in [5, 5.41) is 5.32. The average molecular weight is 341 g/mol. The Morgan fingerprint density at radius 1 is 1.39 bits per heavy atom. The van der Waals surface area contributed by atoms with Gasteiger partial charge < -0.3 is 21.3 Å². The predicted octanol–water partition coefficient (Wildman–Crippen LogP) is 1.74. The first kappa shape index (κ1) is 19.3. The van der Waals surface area contributed by atoms with E-state index >= 15 is 0 Å². The van der Waals surface area contributed by atoms with Crippen LogP contribution in [0.3, 0.4) is 0 Å². The minimum Gasteiger partial charge on any atom is -0.341 e. The minimum absolute atomic E-state index is 0. The summed E-state index contributed by atoms with van der Waals surface area (Å²) in [6.45, 7) is 5.96. The van der Waals surface area contributed by atoms with Gasteiger partial charge in [0.05, 0.1) is 6.54 Å². The van der Waals surface area contributed by atoms with Crippen LogP contribution in [-0.4, -0.2) is 43.0 Å². The molecule has 128 valence electrons. The molecule has 0 aliphatic carbocycles. The first-order chi connectivity index (χ1) is 10.4. The van der Waals surface area contributed by atoms with Crippen molar-refractivity contribution in [3.05, 3.63) is 29.8 Å². The molecule has 1 saturated heterocycles. The van der Waals surface area contributed by atoms with E-state index in [4.69, 9.17) is 5.73 Å². The molecule has 1 heterocycles. The van der Waals surface area contributed by atoms with Crippen molar-refractivity contribution >= 4 is 30.0 Å². The highest BCUT2D eigenvalue weighted by Gasteiger charge is 2.34. The van der Waals surface area contributed by atoms with Crippen LogP contribution in [0.15, 0.2) is 24.3 Å². The summed E-state index contributed by atoms with van der Waals surface area (Å²) in [6.07, 6.45) is 0.907. The molecule has 1 aliphatic rings. The first-order valence-electron chi connectivity index (χ1n) is 7.51. The molecule has 7 heteroatoms. The molecule has 3 amide bonds. The third-order valence-corrected chi connectivity index (χ3v) is 4.08. The summed E-state index contributed by atoms with van der Waals surface area (Å²) in [6, 6.07) is 7.12. The van der Waals surface area contributed by atoms with Gasteiger partial charge in [0.25, 0.3) is 0 Å². The van der Waals surface area contributed by atoms with E-state index in [9.17, 15) is 9.59 Å². The number of halogens is 1. The number of likely N-dealkylation sites (tertiary alicyclic amines) is 1. The fourth-order valence-corrected chi connectivity index (χ4v) is 2.57. The van der Waals surface area contributed by atoms with Crippen LogP contribution in [0.5, 0.6) is 0 Å². The van der Waals surface area contributed by atoms with Gasteiger partial charge in [0.2, 0.25) is 5.91 Å². The molecule has 0 radical (unpaired) electrons. The number of urea groups is 1. The maximum Gasteiger partial charge on any atom is 0.319 e. The number of nitrogens with two attached hydrogens (primary N) is 1. The molecule has 1 aliphatic heterocycles. The number of benzene rings is 1. The van der Waals surface area contributed by atoms with Gasteiger partial charge in [0.1, 0.15) is 0 Å². The van der Waals surface area contributed by atoms with Gasteiger partial charge in [-0.05, 0) is 43.0 Å². The Hall–Kier alpha value is -1.79. The Morgan fingerprint density at radius 3 is 2.74 bits per heavy atom. The smallest absolute Gasteiger partial charge is 0.319 e.